The number of ether oxygens (including phenoxy) is 1. The lowest BCUT2D eigenvalue weighted by molar-refractivity contribution is -0.116. The molecule has 0 radical (unpaired) electrons. The van der Waals surface area contributed by atoms with Crippen molar-refractivity contribution in [3.05, 3.63) is 18.3 Å². The van der Waals surface area contributed by atoms with E-state index in [-0.39, 0.29) is 5.91 Å². The number of rotatable bonds is 4. The molecule has 1 saturated carbocycles. The highest BCUT2D eigenvalue weighted by Crippen LogP contribution is 2.35. The van der Waals surface area contributed by atoms with Crippen molar-refractivity contribution >= 4 is 17.3 Å². The zero-order chi connectivity index (χ0) is 12.5. The van der Waals surface area contributed by atoms with E-state index < -0.39 is 0 Å². The predicted octanol–water partition coefficient (Wildman–Crippen LogP) is 1.98. The maximum Gasteiger partial charge on any atom is 0.253 e. The minimum absolute atomic E-state index is 0.00282. The molecule has 18 heavy (non-hydrogen) atoms. The summed E-state index contributed by atoms with van der Waals surface area (Å²) in [5, 5.41) is 5.83. The molecule has 2 heterocycles. The molecule has 0 aromatic carbocycles. The van der Waals surface area contributed by atoms with Gasteiger partial charge in [0.05, 0.1) is 13.5 Å². The Bertz CT molecular complexity index is 509. The van der Waals surface area contributed by atoms with Crippen molar-refractivity contribution in [2.45, 2.75) is 25.7 Å². The van der Waals surface area contributed by atoms with Crippen molar-refractivity contribution < 1.29 is 9.53 Å². The van der Waals surface area contributed by atoms with E-state index in [1.807, 2.05) is 0 Å². The van der Waals surface area contributed by atoms with Gasteiger partial charge in [-0.2, -0.15) is 10.1 Å². The predicted molar refractivity (Wildman–Crippen MR) is 67.7 cm³/mol. The van der Waals surface area contributed by atoms with Gasteiger partial charge in [-0.3, -0.25) is 4.79 Å². The Kier molecular flexibility index (Phi) is 2.74. The first kappa shape index (κ1) is 11.2. The maximum absolute atomic E-state index is 12.0. The molecule has 0 bridgehead atoms. The van der Waals surface area contributed by atoms with Gasteiger partial charge in [0.15, 0.2) is 0 Å². The molecule has 0 unspecified atom stereocenters. The van der Waals surface area contributed by atoms with Crippen molar-refractivity contribution in [3.8, 4) is 5.88 Å². The molecule has 0 saturated heterocycles. The smallest absolute Gasteiger partial charge is 0.253 e. The number of nitrogens with zero attached hydrogens (tertiary/aromatic N) is 3. The SMILES string of the molecule is COc1ncccc1N1N=C(CC2CC2)CC1=O. The van der Waals surface area contributed by atoms with Crippen molar-refractivity contribution in [2.75, 3.05) is 12.1 Å². The van der Waals surface area contributed by atoms with E-state index in [9.17, 15) is 4.79 Å². The molecule has 0 atom stereocenters. The zero-order valence-electron chi connectivity index (χ0n) is 10.3. The Labute approximate surface area is 105 Å². The van der Waals surface area contributed by atoms with Crippen molar-refractivity contribution in [1.82, 2.24) is 4.98 Å². The summed E-state index contributed by atoms with van der Waals surface area (Å²) in [5.41, 5.74) is 1.60. The second-order valence-electron chi connectivity index (χ2n) is 4.73. The lowest BCUT2D eigenvalue weighted by Gasteiger charge is -2.13. The number of amides is 1. The van der Waals surface area contributed by atoms with E-state index in [2.05, 4.69) is 10.1 Å². The number of hydrogen-bond acceptors (Lipinski definition) is 4. The number of pyridine rings is 1. The first-order valence-corrected chi connectivity index (χ1v) is 6.16. The fourth-order valence-electron chi connectivity index (χ4n) is 2.14. The van der Waals surface area contributed by atoms with Crippen LogP contribution in [0.1, 0.15) is 25.7 Å². The molecule has 0 N–H and O–H groups in total. The third-order valence-electron chi connectivity index (χ3n) is 3.23. The lowest BCUT2D eigenvalue weighted by Crippen LogP contribution is -2.20. The number of methoxy groups -OCH3 is 1. The summed E-state index contributed by atoms with van der Waals surface area (Å²) in [7, 11) is 1.54. The quantitative estimate of drug-likeness (QED) is 0.815. The molecule has 1 fully saturated rings. The van der Waals surface area contributed by atoms with Crippen LogP contribution in [-0.2, 0) is 4.79 Å². The van der Waals surface area contributed by atoms with Gasteiger partial charge in [0, 0.05) is 11.9 Å². The van der Waals surface area contributed by atoms with E-state index in [4.69, 9.17) is 4.74 Å². The van der Waals surface area contributed by atoms with Crippen LogP contribution in [0.3, 0.4) is 0 Å². The molecule has 1 aliphatic carbocycles. The van der Waals surface area contributed by atoms with Crippen molar-refractivity contribution in [2.24, 2.45) is 11.0 Å². The Morgan fingerprint density at radius 1 is 1.50 bits per heavy atom. The minimum atomic E-state index is -0.00282. The van der Waals surface area contributed by atoms with Crippen LogP contribution in [0.25, 0.3) is 0 Å². The average molecular weight is 245 g/mol. The number of carbonyl (C=O) groups is 1. The van der Waals surface area contributed by atoms with Gasteiger partial charge in [0.1, 0.15) is 5.69 Å². The van der Waals surface area contributed by atoms with Crippen molar-refractivity contribution in [1.29, 1.82) is 0 Å². The first-order chi connectivity index (χ1) is 8.78. The number of carbonyl (C=O) groups excluding carboxylic acids is 1. The molecular weight excluding hydrogens is 230 g/mol. The second kappa shape index (κ2) is 4.40. The van der Waals surface area contributed by atoms with Crippen LogP contribution in [-0.4, -0.2) is 23.7 Å². The topological polar surface area (TPSA) is 54.8 Å². The summed E-state index contributed by atoms with van der Waals surface area (Å²) < 4.78 is 5.16. The van der Waals surface area contributed by atoms with Gasteiger partial charge < -0.3 is 4.74 Å². The van der Waals surface area contributed by atoms with Crippen molar-refractivity contribution in [3.63, 3.8) is 0 Å². The standard InChI is InChI=1S/C13H15N3O2/c1-18-13-11(3-2-6-14-13)16-12(17)8-10(15-16)7-9-4-5-9/h2-3,6,9H,4-5,7-8H2,1H3. The van der Waals surface area contributed by atoms with Crippen LogP contribution >= 0.6 is 0 Å². The highest BCUT2D eigenvalue weighted by molar-refractivity contribution is 6.13. The fourth-order valence-corrected chi connectivity index (χ4v) is 2.14. The third kappa shape index (κ3) is 2.08. The average Bonchev–Trinajstić information content (AvgIpc) is 3.12. The van der Waals surface area contributed by atoms with Gasteiger partial charge >= 0.3 is 0 Å². The zero-order valence-corrected chi connectivity index (χ0v) is 10.3. The lowest BCUT2D eigenvalue weighted by atomic mass is 10.1. The Morgan fingerprint density at radius 2 is 2.33 bits per heavy atom. The Morgan fingerprint density at radius 3 is 3.06 bits per heavy atom. The number of hydrazone groups is 1. The minimum Gasteiger partial charge on any atom is -0.479 e. The summed E-state index contributed by atoms with van der Waals surface area (Å²) in [6.45, 7) is 0. The molecule has 0 spiro atoms. The molecule has 3 rings (SSSR count). The molecule has 5 nitrogen and oxygen atoms in total. The maximum atomic E-state index is 12.0. The molecule has 1 amide bonds. The van der Waals surface area contributed by atoms with Gasteiger partial charge in [-0.15, -0.1) is 0 Å². The summed E-state index contributed by atoms with van der Waals surface area (Å²) in [5.74, 6) is 1.17. The third-order valence-corrected chi connectivity index (χ3v) is 3.23. The van der Waals surface area contributed by atoms with Gasteiger partial charge in [-0.1, -0.05) is 0 Å². The van der Waals surface area contributed by atoms with Crippen LogP contribution < -0.4 is 9.75 Å². The molecule has 5 heteroatoms. The second-order valence-corrected chi connectivity index (χ2v) is 4.73. The molecular formula is C13H15N3O2. The van der Waals surface area contributed by atoms with Crippen LogP contribution in [0.2, 0.25) is 0 Å². The molecule has 1 aromatic rings. The van der Waals surface area contributed by atoms with Gasteiger partial charge in [-0.05, 0) is 37.3 Å². The summed E-state index contributed by atoms with van der Waals surface area (Å²) in [4.78, 5) is 16.1. The van der Waals surface area contributed by atoms with E-state index in [1.54, 1.807) is 25.4 Å². The summed E-state index contributed by atoms with van der Waals surface area (Å²) >= 11 is 0. The largest absolute Gasteiger partial charge is 0.479 e. The number of aromatic nitrogens is 1. The van der Waals surface area contributed by atoms with Crippen LogP contribution in [0.15, 0.2) is 23.4 Å². The molecule has 1 aromatic heterocycles. The summed E-state index contributed by atoms with van der Waals surface area (Å²) in [6.07, 6.45) is 5.55. The monoisotopic (exact) mass is 245 g/mol. The number of hydrogen-bond donors (Lipinski definition) is 0. The number of anilines is 1. The van der Waals surface area contributed by atoms with Crippen LogP contribution in [0, 0.1) is 5.92 Å². The van der Waals surface area contributed by atoms with Gasteiger partial charge in [0.25, 0.3) is 5.91 Å². The molecule has 2 aliphatic rings. The normalized spacial score (nSPS) is 19.1. The highest BCUT2D eigenvalue weighted by atomic mass is 16.5. The molecule has 1 aliphatic heterocycles. The van der Waals surface area contributed by atoms with E-state index in [0.29, 0.717) is 18.0 Å². The van der Waals surface area contributed by atoms with Crippen LogP contribution in [0.5, 0.6) is 5.88 Å². The van der Waals surface area contributed by atoms with Crippen LogP contribution in [0.4, 0.5) is 5.69 Å². The van der Waals surface area contributed by atoms with Gasteiger partial charge in [0.2, 0.25) is 5.88 Å². The first-order valence-electron chi connectivity index (χ1n) is 6.16. The van der Waals surface area contributed by atoms with E-state index in [1.165, 1.54) is 17.9 Å². The Balaban J connectivity index is 1.86. The fraction of sp³-hybridized carbons (Fsp3) is 0.462. The summed E-state index contributed by atoms with van der Waals surface area (Å²) in [6, 6.07) is 3.58. The van der Waals surface area contributed by atoms with E-state index >= 15 is 0 Å². The van der Waals surface area contributed by atoms with E-state index in [0.717, 1.165) is 18.1 Å². The Hall–Kier alpha value is -1.91. The van der Waals surface area contributed by atoms with Gasteiger partial charge in [-0.25, -0.2) is 4.98 Å². The highest BCUT2D eigenvalue weighted by Gasteiger charge is 2.31. The molecule has 94 valence electrons.